The quantitative estimate of drug-likeness (QED) is 0.573. The highest BCUT2D eigenvalue weighted by atomic mass is 16.5. The molecule has 1 heterocycles. The van der Waals surface area contributed by atoms with Gasteiger partial charge in [0, 0.05) is 25.4 Å². The molecule has 0 unspecified atom stereocenters. The van der Waals surface area contributed by atoms with Crippen molar-refractivity contribution in [2.45, 2.75) is 32.9 Å². The molecule has 0 radical (unpaired) electrons. The van der Waals surface area contributed by atoms with Crippen molar-refractivity contribution in [2.24, 2.45) is 10.9 Å². The molecule has 0 spiro atoms. The van der Waals surface area contributed by atoms with Crippen LogP contribution in [0.15, 0.2) is 53.7 Å². The van der Waals surface area contributed by atoms with Gasteiger partial charge in [-0.1, -0.05) is 30.3 Å². The van der Waals surface area contributed by atoms with E-state index in [0.29, 0.717) is 19.0 Å². The van der Waals surface area contributed by atoms with E-state index in [-0.39, 0.29) is 0 Å². The first-order chi connectivity index (χ1) is 12.3. The summed E-state index contributed by atoms with van der Waals surface area (Å²) in [6.07, 6.45) is 4.44. The molecule has 0 atom stereocenters. The maximum Gasteiger partial charge on any atom is 0.213 e. The highest BCUT2D eigenvalue weighted by Gasteiger charge is 2.20. The summed E-state index contributed by atoms with van der Waals surface area (Å²) in [6, 6.07) is 14.0. The van der Waals surface area contributed by atoms with E-state index >= 15 is 0 Å². The highest BCUT2D eigenvalue weighted by molar-refractivity contribution is 5.79. The second kappa shape index (κ2) is 9.06. The summed E-state index contributed by atoms with van der Waals surface area (Å²) in [7, 11) is 0. The van der Waals surface area contributed by atoms with Crippen molar-refractivity contribution in [3.8, 4) is 5.88 Å². The van der Waals surface area contributed by atoms with Gasteiger partial charge in [-0.3, -0.25) is 0 Å². The zero-order chi connectivity index (χ0) is 17.3. The van der Waals surface area contributed by atoms with Crippen LogP contribution >= 0.6 is 0 Å². The number of hydrogen-bond acceptors (Lipinski definition) is 3. The number of guanidine groups is 1. The minimum atomic E-state index is 0.520. The molecule has 1 aromatic heterocycles. The molecule has 1 saturated carbocycles. The number of nitrogens with zero attached hydrogens (tertiary/aromatic N) is 2. The number of pyridine rings is 1. The van der Waals surface area contributed by atoms with E-state index in [2.05, 4.69) is 27.5 Å². The topological polar surface area (TPSA) is 58.5 Å². The summed E-state index contributed by atoms with van der Waals surface area (Å²) in [5.41, 5.74) is 2.22. The van der Waals surface area contributed by atoms with Gasteiger partial charge in [-0.2, -0.15) is 0 Å². The third-order valence-corrected chi connectivity index (χ3v) is 4.05. The first kappa shape index (κ1) is 17.3. The molecule has 132 valence electrons. The average Bonchev–Trinajstić information content (AvgIpc) is 3.48. The molecule has 5 nitrogen and oxygen atoms in total. The Labute approximate surface area is 149 Å². The molecule has 0 bridgehead atoms. The summed E-state index contributed by atoms with van der Waals surface area (Å²) >= 11 is 0. The van der Waals surface area contributed by atoms with Crippen molar-refractivity contribution in [1.82, 2.24) is 15.6 Å². The number of rotatable bonds is 8. The van der Waals surface area contributed by atoms with Gasteiger partial charge in [0.25, 0.3) is 0 Å². The van der Waals surface area contributed by atoms with Gasteiger partial charge >= 0.3 is 0 Å². The Balaban J connectivity index is 1.54. The Morgan fingerprint density at radius 2 is 2.00 bits per heavy atom. The number of nitrogens with one attached hydrogen (secondary N) is 2. The molecule has 0 aliphatic heterocycles. The Morgan fingerprint density at radius 1 is 1.16 bits per heavy atom. The Hall–Kier alpha value is -2.56. The van der Waals surface area contributed by atoms with Crippen LogP contribution in [0.25, 0.3) is 0 Å². The van der Waals surface area contributed by atoms with Crippen LogP contribution in [0.3, 0.4) is 0 Å². The molecular formula is C20H26N4O. The molecule has 0 saturated heterocycles. The molecule has 3 rings (SSSR count). The molecule has 25 heavy (non-hydrogen) atoms. The van der Waals surface area contributed by atoms with Crippen LogP contribution in [0, 0.1) is 5.92 Å². The first-order valence-electron chi connectivity index (χ1n) is 8.97. The number of ether oxygens (including phenoxy) is 1. The van der Waals surface area contributed by atoms with Gasteiger partial charge in [0.15, 0.2) is 5.96 Å². The lowest BCUT2D eigenvalue weighted by molar-refractivity contribution is 0.293. The summed E-state index contributed by atoms with van der Waals surface area (Å²) in [5.74, 6) is 2.33. The highest BCUT2D eigenvalue weighted by Crippen LogP contribution is 2.27. The van der Waals surface area contributed by atoms with E-state index in [4.69, 9.17) is 4.74 Å². The zero-order valence-corrected chi connectivity index (χ0v) is 14.7. The molecule has 1 aliphatic rings. The van der Waals surface area contributed by atoms with E-state index in [1.54, 1.807) is 6.20 Å². The van der Waals surface area contributed by atoms with Gasteiger partial charge in [-0.25, -0.2) is 9.98 Å². The minimum absolute atomic E-state index is 0.520. The van der Waals surface area contributed by atoms with Gasteiger partial charge in [0.05, 0.1) is 6.54 Å². The molecule has 2 aromatic rings. The van der Waals surface area contributed by atoms with Gasteiger partial charge in [-0.15, -0.1) is 0 Å². The molecule has 0 amide bonds. The van der Waals surface area contributed by atoms with E-state index in [9.17, 15) is 0 Å². The normalized spacial score (nSPS) is 14.2. The molecule has 1 aliphatic carbocycles. The van der Waals surface area contributed by atoms with Crippen LogP contribution in [0.2, 0.25) is 0 Å². The fraction of sp³-hybridized carbons (Fsp3) is 0.400. The fourth-order valence-electron chi connectivity index (χ4n) is 2.43. The predicted molar refractivity (Wildman–Crippen MR) is 101 cm³/mol. The standard InChI is InChI=1S/C20H26N4O/c1-2-21-20(23-13-16-8-9-16)24-14-18-10-11-22-19(12-18)25-15-17-6-4-3-5-7-17/h3-7,10-12,16H,2,8-9,13-15H2,1H3,(H2,21,23,24). The third-order valence-electron chi connectivity index (χ3n) is 4.05. The second-order valence-corrected chi connectivity index (χ2v) is 6.30. The van der Waals surface area contributed by atoms with Crippen LogP contribution in [-0.4, -0.2) is 24.0 Å². The summed E-state index contributed by atoms with van der Waals surface area (Å²) in [4.78, 5) is 8.94. The molecule has 5 heteroatoms. The second-order valence-electron chi connectivity index (χ2n) is 6.30. The smallest absolute Gasteiger partial charge is 0.213 e. The van der Waals surface area contributed by atoms with E-state index < -0.39 is 0 Å². The molecular weight excluding hydrogens is 312 g/mol. The van der Waals surface area contributed by atoms with E-state index in [1.165, 1.54) is 12.8 Å². The lowest BCUT2D eigenvalue weighted by atomic mass is 10.2. The van der Waals surface area contributed by atoms with Crippen LogP contribution in [0.4, 0.5) is 0 Å². The molecule has 1 aromatic carbocycles. The SMILES string of the molecule is CCNC(=NCc1ccnc(OCc2ccccc2)c1)NCC1CC1. The van der Waals surface area contributed by atoms with Crippen LogP contribution < -0.4 is 15.4 Å². The zero-order valence-electron chi connectivity index (χ0n) is 14.7. The van der Waals surface area contributed by atoms with Crippen LogP contribution in [-0.2, 0) is 13.2 Å². The van der Waals surface area contributed by atoms with Crippen LogP contribution in [0.5, 0.6) is 5.88 Å². The van der Waals surface area contributed by atoms with Crippen molar-refractivity contribution < 1.29 is 4.74 Å². The van der Waals surface area contributed by atoms with Gasteiger partial charge in [-0.05, 0) is 42.9 Å². The largest absolute Gasteiger partial charge is 0.473 e. The Bertz CT molecular complexity index is 683. The maximum atomic E-state index is 5.78. The summed E-state index contributed by atoms with van der Waals surface area (Å²) < 4.78 is 5.78. The molecule has 2 N–H and O–H groups in total. The fourth-order valence-corrected chi connectivity index (χ4v) is 2.43. The van der Waals surface area contributed by atoms with Gasteiger partial charge in [0.2, 0.25) is 5.88 Å². The minimum Gasteiger partial charge on any atom is -0.473 e. The number of benzene rings is 1. The monoisotopic (exact) mass is 338 g/mol. The molecule has 1 fully saturated rings. The number of aliphatic imine (C=N–C) groups is 1. The van der Waals surface area contributed by atoms with Crippen molar-refractivity contribution in [3.63, 3.8) is 0 Å². The Kier molecular flexibility index (Phi) is 6.26. The first-order valence-corrected chi connectivity index (χ1v) is 8.97. The van der Waals surface area contributed by atoms with Crippen molar-refractivity contribution >= 4 is 5.96 Å². The predicted octanol–water partition coefficient (Wildman–Crippen LogP) is 3.13. The van der Waals surface area contributed by atoms with Crippen LogP contribution in [0.1, 0.15) is 30.9 Å². The van der Waals surface area contributed by atoms with Crippen molar-refractivity contribution in [3.05, 3.63) is 59.8 Å². The van der Waals surface area contributed by atoms with Gasteiger partial charge < -0.3 is 15.4 Å². The van der Waals surface area contributed by atoms with Crippen molar-refractivity contribution in [2.75, 3.05) is 13.1 Å². The number of hydrogen-bond donors (Lipinski definition) is 2. The maximum absolute atomic E-state index is 5.78. The number of aromatic nitrogens is 1. The van der Waals surface area contributed by atoms with E-state index in [0.717, 1.165) is 36.1 Å². The third kappa shape index (κ3) is 6.10. The summed E-state index contributed by atoms with van der Waals surface area (Å²) in [6.45, 7) is 5.07. The Morgan fingerprint density at radius 3 is 2.76 bits per heavy atom. The lowest BCUT2D eigenvalue weighted by Gasteiger charge is -2.11. The summed E-state index contributed by atoms with van der Waals surface area (Å²) in [5, 5.41) is 6.70. The van der Waals surface area contributed by atoms with E-state index in [1.807, 2.05) is 42.5 Å². The van der Waals surface area contributed by atoms with Crippen molar-refractivity contribution in [1.29, 1.82) is 0 Å². The average molecular weight is 338 g/mol. The lowest BCUT2D eigenvalue weighted by Crippen LogP contribution is -2.38. The van der Waals surface area contributed by atoms with Gasteiger partial charge in [0.1, 0.15) is 6.61 Å².